The number of thioether (sulfide) groups is 1. The number of ether oxygens (including phenoxy) is 1. The van der Waals surface area contributed by atoms with Crippen LogP contribution in [0.5, 0.6) is 0 Å². The fraction of sp³-hybridized carbons (Fsp3) is 0.100. The maximum atomic E-state index is 10.8. The number of carbonyl (C=O) groups excluding carboxylic acids is 1. The molecule has 1 heterocycles. The highest BCUT2D eigenvalue weighted by Gasteiger charge is 2.13. The molecule has 0 bridgehead atoms. The van der Waals surface area contributed by atoms with E-state index in [0.717, 1.165) is 9.80 Å². The van der Waals surface area contributed by atoms with Gasteiger partial charge < -0.3 is 4.74 Å². The molecule has 0 saturated carbocycles. The van der Waals surface area contributed by atoms with E-state index in [0.29, 0.717) is 11.6 Å². The smallest absolute Gasteiger partial charge is 0.332 e. The second kappa shape index (κ2) is 4.07. The number of cyclic esters (lactones) is 1. The van der Waals surface area contributed by atoms with Crippen LogP contribution in [0.15, 0.2) is 40.1 Å². The molecule has 2 rings (SSSR count). The van der Waals surface area contributed by atoms with Crippen molar-refractivity contribution in [3.8, 4) is 0 Å². The Labute approximate surface area is 90.9 Å². The lowest BCUT2D eigenvalue weighted by atomic mass is 10.4. The van der Waals surface area contributed by atoms with Crippen molar-refractivity contribution >= 4 is 29.3 Å². The van der Waals surface area contributed by atoms with E-state index in [4.69, 9.17) is 16.3 Å². The lowest BCUT2D eigenvalue weighted by Crippen LogP contribution is -1.90. The first-order valence-electron chi connectivity index (χ1n) is 4.05. The van der Waals surface area contributed by atoms with E-state index < -0.39 is 0 Å². The Morgan fingerprint density at radius 2 is 2.00 bits per heavy atom. The first-order valence-corrected chi connectivity index (χ1v) is 5.24. The molecule has 1 aromatic carbocycles. The second-order valence-corrected chi connectivity index (χ2v) is 4.41. The van der Waals surface area contributed by atoms with E-state index >= 15 is 0 Å². The molecule has 0 fully saturated rings. The zero-order chi connectivity index (χ0) is 9.97. The molecule has 1 aliphatic rings. The van der Waals surface area contributed by atoms with E-state index in [1.165, 1.54) is 17.8 Å². The normalized spacial score (nSPS) is 15.2. The van der Waals surface area contributed by atoms with E-state index in [-0.39, 0.29) is 5.97 Å². The minimum Gasteiger partial charge on any atom is -0.457 e. The minimum absolute atomic E-state index is 0.263. The largest absolute Gasteiger partial charge is 0.457 e. The standard InChI is InChI=1S/C10H7ClO2S/c11-7-1-3-8(4-2-7)14-9-5-10(12)13-6-9/h1-5H,6H2. The van der Waals surface area contributed by atoms with Gasteiger partial charge in [-0.25, -0.2) is 4.79 Å². The van der Waals surface area contributed by atoms with Crippen LogP contribution in [0, 0.1) is 0 Å². The van der Waals surface area contributed by atoms with Crippen molar-refractivity contribution in [3.63, 3.8) is 0 Å². The van der Waals surface area contributed by atoms with Crippen LogP contribution >= 0.6 is 23.4 Å². The number of rotatable bonds is 2. The molecular formula is C10H7ClO2S. The van der Waals surface area contributed by atoms with Gasteiger partial charge in [-0.2, -0.15) is 0 Å². The summed E-state index contributed by atoms with van der Waals surface area (Å²) in [5.41, 5.74) is 0. The number of hydrogen-bond donors (Lipinski definition) is 0. The summed E-state index contributed by atoms with van der Waals surface area (Å²) in [5.74, 6) is -0.263. The topological polar surface area (TPSA) is 26.3 Å². The van der Waals surface area contributed by atoms with Crippen LogP contribution in [0.4, 0.5) is 0 Å². The molecule has 0 saturated heterocycles. The SMILES string of the molecule is O=C1C=C(Sc2ccc(Cl)cc2)CO1. The van der Waals surface area contributed by atoms with Gasteiger partial charge in [0.25, 0.3) is 0 Å². The highest BCUT2D eigenvalue weighted by Crippen LogP contribution is 2.29. The summed E-state index contributed by atoms with van der Waals surface area (Å²) in [4.78, 5) is 12.7. The molecule has 0 N–H and O–H groups in total. The predicted molar refractivity (Wildman–Crippen MR) is 56.4 cm³/mol. The van der Waals surface area contributed by atoms with Crippen molar-refractivity contribution < 1.29 is 9.53 Å². The van der Waals surface area contributed by atoms with E-state index in [1.54, 1.807) is 0 Å². The summed E-state index contributed by atoms with van der Waals surface area (Å²) in [5, 5.41) is 0.710. The fourth-order valence-corrected chi connectivity index (χ4v) is 2.04. The van der Waals surface area contributed by atoms with E-state index in [2.05, 4.69) is 0 Å². The van der Waals surface area contributed by atoms with Crippen LogP contribution in [-0.4, -0.2) is 12.6 Å². The van der Waals surface area contributed by atoms with Gasteiger partial charge >= 0.3 is 5.97 Å². The number of esters is 1. The van der Waals surface area contributed by atoms with Crippen LogP contribution < -0.4 is 0 Å². The van der Waals surface area contributed by atoms with Crippen molar-refractivity contribution in [1.82, 2.24) is 0 Å². The maximum absolute atomic E-state index is 10.8. The van der Waals surface area contributed by atoms with Crippen LogP contribution in [0.2, 0.25) is 5.02 Å². The van der Waals surface area contributed by atoms with Crippen molar-refractivity contribution in [1.29, 1.82) is 0 Å². The number of hydrogen-bond acceptors (Lipinski definition) is 3. The maximum Gasteiger partial charge on any atom is 0.332 e. The molecule has 0 atom stereocenters. The lowest BCUT2D eigenvalue weighted by molar-refractivity contribution is -0.134. The Morgan fingerprint density at radius 3 is 2.57 bits per heavy atom. The third-order valence-electron chi connectivity index (χ3n) is 1.70. The van der Waals surface area contributed by atoms with Gasteiger partial charge in [0.2, 0.25) is 0 Å². The second-order valence-electron chi connectivity index (χ2n) is 2.77. The molecule has 72 valence electrons. The predicted octanol–water partition coefficient (Wildman–Crippen LogP) is 2.87. The van der Waals surface area contributed by atoms with Gasteiger partial charge in [0, 0.05) is 20.9 Å². The Hall–Kier alpha value is -0.930. The Balaban J connectivity index is 2.08. The highest BCUT2D eigenvalue weighted by atomic mass is 35.5. The average molecular weight is 227 g/mol. The number of halogens is 1. The molecule has 0 amide bonds. The molecule has 14 heavy (non-hydrogen) atoms. The summed E-state index contributed by atoms with van der Waals surface area (Å²) in [6.45, 7) is 0.381. The van der Waals surface area contributed by atoms with Gasteiger partial charge in [-0.15, -0.1) is 0 Å². The summed E-state index contributed by atoms with van der Waals surface area (Å²) in [7, 11) is 0. The highest BCUT2D eigenvalue weighted by molar-refractivity contribution is 8.03. The summed E-state index contributed by atoms with van der Waals surface area (Å²) in [6, 6.07) is 7.47. The van der Waals surface area contributed by atoms with Crippen molar-refractivity contribution in [3.05, 3.63) is 40.3 Å². The quantitative estimate of drug-likeness (QED) is 0.726. The van der Waals surface area contributed by atoms with Crippen LogP contribution in [0.1, 0.15) is 0 Å². The van der Waals surface area contributed by atoms with E-state index in [1.807, 2.05) is 24.3 Å². The molecule has 4 heteroatoms. The van der Waals surface area contributed by atoms with Crippen LogP contribution in [0.25, 0.3) is 0 Å². The van der Waals surface area contributed by atoms with E-state index in [9.17, 15) is 4.79 Å². The Morgan fingerprint density at radius 1 is 1.29 bits per heavy atom. The molecule has 1 aromatic rings. The number of carbonyl (C=O) groups is 1. The molecule has 0 aromatic heterocycles. The van der Waals surface area contributed by atoms with Crippen molar-refractivity contribution in [2.24, 2.45) is 0 Å². The van der Waals surface area contributed by atoms with Gasteiger partial charge in [-0.05, 0) is 24.3 Å². The zero-order valence-electron chi connectivity index (χ0n) is 7.20. The number of benzene rings is 1. The first kappa shape index (κ1) is 9.62. The van der Waals surface area contributed by atoms with Gasteiger partial charge in [0.05, 0.1) is 0 Å². The molecule has 2 nitrogen and oxygen atoms in total. The zero-order valence-corrected chi connectivity index (χ0v) is 8.77. The molecule has 0 aliphatic carbocycles. The molecule has 0 spiro atoms. The van der Waals surface area contributed by atoms with Gasteiger partial charge in [0.1, 0.15) is 6.61 Å². The Bertz CT molecular complexity index is 384. The van der Waals surface area contributed by atoms with Gasteiger partial charge in [-0.1, -0.05) is 23.4 Å². The summed E-state index contributed by atoms with van der Waals surface area (Å²) >= 11 is 7.27. The third kappa shape index (κ3) is 2.30. The third-order valence-corrected chi connectivity index (χ3v) is 2.96. The molecule has 0 radical (unpaired) electrons. The first-order chi connectivity index (χ1) is 6.74. The molecule has 0 unspecified atom stereocenters. The van der Waals surface area contributed by atoms with Gasteiger partial charge in [-0.3, -0.25) is 0 Å². The summed E-state index contributed by atoms with van der Waals surface area (Å²) in [6.07, 6.45) is 1.51. The van der Waals surface area contributed by atoms with Crippen molar-refractivity contribution in [2.45, 2.75) is 4.90 Å². The fourth-order valence-electron chi connectivity index (χ4n) is 1.07. The van der Waals surface area contributed by atoms with Crippen molar-refractivity contribution in [2.75, 3.05) is 6.61 Å². The van der Waals surface area contributed by atoms with Crippen LogP contribution in [-0.2, 0) is 9.53 Å². The molecule has 1 aliphatic heterocycles. The Kier molecular flexibility index (Phi) is 2.79. The average Bonchev–Trinajstić information content (AvgIpc) is 2.56. The lowest BCUT2D eigenvalue weighted by Gasteiger charge is -2.00. The monoisotopic (exact) mass is 226 g/mol. The van der Waals surface area contributed by atoms with Crippen LogP contribution in [0.3, 0.4) is 0 Å². The van der Waals surface area contributed by atoms with Gasteiger partial charge in [0.15, 0.2) is 0 Å². The molecular weight excluding hydrogens is 220 g/mol. The summed E-state index contributed by atoms with van der Waals surface area (Å²) < 4.78 is 4.78. The minimum atomic E-state index is -0.263.